The highest BCUT2D eigenvalue weighted by Gasteiger charge is 2.14. The van der Waals surface area contributed by atoms with Crippen LogP contribution in [0.2, 0.25) is 0 Å². The Bertz CT molecular complexity index is 1120. The van der Waals surface area contributed by atoms with Gasteiger partial charge in [-0.1, -0.05) is 18.1 Å². The van der Waals surface area contributed by atoms with Crippen LogP contribution in [0.1, 0.15) is 18.6 Å². The van der Waals surface area contributed by atoms with Gasteiger partial charge >= 0.3 is 0 Å². The molecule has 1 N–H and O–H groups in total. The zero-order valence-electron chi connectivity index (χ0n) is 14.4. The Labute approximate surface area is 153 Å². The largest absolute Gasteiger partial charge is 0.334 e. The van der Waals surface area contributed by atoms with E-state index in [1.165, 1.54) is 18.2 Å². The lowest BCUT2D eigenvalue weighted by molar-refractivity contribution is -0.115. The molecule has 0 saturated heterocycles. The Kier molecular flexibility index (Phi) is 4.33. The molecule has 0 aliphatic rings. The molecule has 0 bridgehead atoms. The van der Waals surface area contributed by atoms with Crippen molar-refractivity contribution in [2.24, 2.45) is 0 Å². The number of amides is 1. The van der Waals surface area contributed by atoms with Crippen LogP contribution < -0.4 is 5.32 Å². The number of rotatable bonds is 5. The first-order valence-corrected chi connectivity index (χ1v) is 8.34. The molecule has 0 spiro atoms. The third kappa shape index (κ3) is 3.52. The summed E-state index contributed by atoms with van der Waals surface area (Å²) in [5.41, 5.74) is 1.66. The lowest BCUT2D eigenvalue weighted by Crippen LogP contribution is -2.16. The fraction of sp³-hybridized carbons (Fsp3) is 0.167. The molecule has 4 aromatic rings. The van der Waals surface area contributed by atoms with Crippen LogP contribution in [0.5, 0.6) is 0 Å². The molecule has 0 fully saturated rings. The van der Waals surface area contributed by atoms with E-state index in [9.17, 15) is 9.18 Å². The van der Waals surface area contributed by atoms with E-state index in [4.69, 9.17) is 4.52 Å². The summed E-state index contributed by atoms with van der Waals surface area (Å²) in [4.78, 5) is 16.5. The normalized spacial score (nSPS) is 11.0. The summed E-state index contributed by atoms with van der Waals surface area (Å²) in [7, 11) is 0. The second-order valence-corrected chi connectivity index (χ2v) is 5.86. The van der Waals surface area contributed by atoms with Crippen LogP contribution in [0.15, 0.2) is 47.1 Å². The number of hydrogen-bond acceptors (Lipinski definition) is 6. The quantitative estimate of drug-likeness (QED) is 0.583. The maximum Gasteiger partial charge on any atom is 0.258 e. The molecule has 3 aromatic heterocycles. The lowest BCUT2D eigenvalue weighted by atomic mass is 10.2. The van der Waals surface area contributed by atoms with Gasteiger partial charge in [0.15, 0.2) is 11.5 Å². The summed E-state index contributed by atoms with van der Waals surface area (Å²) in [5, 5.41) is 14.7. The highest BCUT2D eigenvalue weighted by molar-refractivity contribution is 5.91. The molecule has 1 amide bonds. The highest BCUT2D eigenvalue weighted by atomic mass is 19.1. The smallest absolute Gasteiger partial charge is 0.258 e. The van der Waals surface area contributed by atoms with Gasteiger partial charge in [0.2, 0.25) is 5.91 Å². The van der Waals surface area contributed by atoms with Gasteiger partial charge < -0.3 is 9.84 Å². The van der Waals surface area contributed by atoms with Gasteiger partial charge in [-0.05, 0) is 30.3 Å². The molecule has 4 rings (SSSR count). The molecule has 0 unspecified atom stereocenters. The van der Waals surface area contributed by atoms with Crippen LogP contribution in [-0.2, 0) is 17.6 Å². The summed E-state index contributed by atoms with van der Waals surface area (Å²) in [5.74, 6) is 0.762. The molecule has 136 valence electrons. The minimum Gasteiger partial charge on any atom is -0.334 e. The summed E-state index contributed by atoms with van der Waals surface area (Å²) in [6.45, 7) is 1.94. The number of hydrogen-bond donors (Lipinski definition) is 1. The number of fused-ring (bicyclic) bond motifs is 1. The monoisotopic (exact) mass is 366 g/mol. The van der Waals surface area contributed by atoms with Gasteiger partial charge in [0, 0.05) is 23.9 Å². The van der Waals surface area contributed by atoms with Crippen molar-refractivity contribution in [1.29, 1.82) is 0 Å². The maximum absolute atomic E-state index is 13.2. The molecule has 27 heavy (non-hydrogen) atoms. The molecule has 0 aliphatic carbocycles. The number of aryl methyl sites for hydroxylation is 1. The highest BCUT2D eigenvalue weighted by Crippen LogP contribution is 2.19. The number of pyridine rings is 1. The number of benzene rings is 1. The Balaban J connectivity index is 1.53. The average molecular weight is 366 g/mol. The van der Waals surface area contributed by atoms with Crippen LogP contribution in [0, 0.1) is 5.82 Å². The van der Waals surface area contributed by atoms with Gasteiger partial charge in [-0.15, -0.1) is 10.2 Å². The zero-order chi connectivity index (χ0) is 18.8. The fourth-order valence-corrected chi connectivity index (χ4v) is 2.62. The van der Waals surface area contributed by atoms with Crippen molar-refractivity contribution in [3.05, 3.63) is 60.1 Å². The second kappa shape index (κ2) is 6.94. The summed E-state index contributed by atoms with van der Waals surface area (Å²) in [6.07, 6.45) is 2.42. The Morgan fingerprint density at radius 3 is 2.93 bits per heavy atom. The number of carbonyl (C=O) groups excluding carboxylic acids is 1. The van der Waals surface area contributed by atoms with Crippen molar-refractivity contribution in [1.82, 2.24) is 24.7 Å². The number of aromatic nitrogens is 5. The first-order valence-electron chi connectivity index (χ1n) is 8.34. The van der Waals surface area contributed by atoms with Gasteiger partial charge in [-0.25, -0.2) is 4.39 Å². The molecular formula is C18H15FN6O2. The van der Waals surface area contributed by atoms with Gasteiger partial charge in [0.25, 0.3) is 5.89 Å². The lowest BCUT2D eigenvalue weighted by Gasteiger charge is -2.04. The SMILES string of the molecule is CCc1noc(-c2ccn3c(CC(=O)Nc4cccc(F)c4)nnc3c2)n1. The number of nitrogens with one attached hydrogen (secondary N) is 1. The second-order valence-electron chi connectivity index (χ2n) is 5.86. The third-order valence-electron chi connectivity index (χ3n) is 3.94. The molecule has 9 heteroatoms. The number of anilines is 1. The number of carbonyl (C=O) groups is 1. The van der Waals surface area contributed by atoms with Crippen molar-refractivity contribution >= 4 is 17.2 Å². The summed E-state index contributed by atoms with van der Waals surface area (Å²) in [6, 6.07) is 9.25. The molecular weight excluding hydrogens is 351 g/mol. The zero-order valence-corrected chi connectivity index (χ0v) is 14.4. The van der Waals surface area contributed by atoms with Crippen LogP contribution in [0.25, 0.3) is 17.1 Å². The number of nitrogens with zero attached hydrogens (tertiary/aromatic N) is 5. The van der Waals surface area contributed by atoms with E-state index in [-0.39, 0.29) is 12.3 Å². The predicted molar refractivity (Wildman–Crippen MR) is 94.4 cm³/mol. The van der Waals surface area contributed by atoms with Crippen LogP contribution >= 0.6 is 0 Å². The molecule has 0 aliphatic heterocycles. The van der Waals surface area contributed by atoms with Crippen molar-refractivity contribution < 1.29 is 13.7 Å². The Morgan fingerprint density at radius 1 is 1.26 bits per heavy atom. The maximum atomic E-state index is 13.2. The molecule has 0 saturated carbocycles. The van der Waals surface area contributed by atoms with Crippen LogP contribution in [0.4, 0.5) is 10.1 Å². The molecule has 8 nitrogen and oxygen atoms in total. The molecule has 3 heterocycles. The topological polar surface area (TPSA) is 98.2 Å². The predicted octanol–water partition coefficient (Wildman–Crippen LogP) is 2.66. The van der Waals surface area contributed by atoms with Gasteiger partial charge in [-0.2, -0.15) is 4.98 Å². The van der Waals surface area contributed by atoms with Crippen LogP contribution in [-0.4, -0.2) is 30.6 Å². The molecule has 0 radical (unpaired) electrons. The van der Waals surface area contributed by atoms with Crippen LogP contribution in [0.3, 0.4) is 0 Å². The summed E-state index contributed by atoms with van der Waals surface area (Å²) < 4.78 is 20.1. The third-order valence-corrected chi connectivity index (χ3v) is 3.94. The van der Waals surface area contributed by atoms with Crippen molar-refractivity contribution in [2.75, 3.05) is 5.32 Å². The first-order chi connectivity index (χ1) is 13.1. The van der Waals surface area contributed by atoms with E-state index in [1.807, 2.05) is 6.92 Å². The Hall–Kier alpha value is -3.62. The fourth-order valence-electron chi connectivity index (χ4n) is 2.62. The standard InChI is InChI=1S/C18H15FN6O2/c1-2-14-21-18(27-24-14)11-6-7-25-15(8-11)22-23-16(25)10-17(26)20-13-5-3-4-12(19)9-13/h3-9H,2,10H2,1H3,(H,20,26). The van der Waals surface area contributed by atoms with Crippen molar-refractivity contribution in [2.45, 2.75) is 19.8 Å². The minimum atomic E-state index is -0.416. The van der Waals surface area contributed by atoms with E-state index in [2.05, 4.69) is 25.7 Å². The average Bonchev–Trinajstić information content (AvgIpc) is 3.28. The van der Waals surface area contributed by atoms with E-state index in [0.29, 0.717) is 35.3 Å². The first kappa shape index (κ1) is 16.8. The van der Waals surface area contributed by atoms with E-state index in [0.717, 1.165) is 5.56 Å². The Morgan fingerprint density at radius 2 is 2.15 bits per heavy atom. The van der Waals surface area contributed by atoms with Gasteiger partial charge in [0.1, 0.15) is 11.6 Å². The van der Waals surface area contributed by atoms with Crippen molar-refractivity contribution in [3.8, 4) is 11.5 Å². The van der Waals surface area contributed by atoms with Gasteiger partial charge in [0.05, 0.1) is 6.42 Å². The molecule has 0 atom stereocenters. The van der Waals surface area contributed by atoms with Crippen molar-refractivity contribution in [3.63, 3.8) is 0 Å². The van der Waals surface area contributed by atoms with E-state index in [1.54, 1.807) is 28.8 Å². The van der Waals surface area contributed by atoms with Gasteiger partial charge in [-0.3, -0.25) is 9.20 Å². The van der Waals surface area contributed by atoms with E-state index < -0.39 is 5.82 Å². The number of halogens is 1. The van der Waals surface area contributed by atoms with E-state index >= 15 is 0 Å². The summed E-state index contributed by atoms with van der Waals surface area (Å²) >= 11 is 0. The minimum absolute atomic E-state index is 0.00241. The molecule has 1 aromatic carbocycles.